The Labute approximate surface area is 110 Å². The summed E-state index contributed by atoms with van der Waals surface area (Å²) >= 11 is 0. The second-order valence-corrected chi connectivity index (χ2v) is 5.42. The zero-order chi connectivity index (χ0) is 12.8. The topological polar surface area (TPSA) is 0 Å². The van der Waals surface area contributed by atoms with Crippen LogP contribution in [0.15, 0.2) is 11.6 Å². The van der Waals surface area contributed by atoms with Gasteiger partial charge in [0.1, 0.15) is 0 Å². The van der Waals surface area contributed by atoms with Crippen LogP contribution < -0.4 is 0 Å². The number of allylic oxidation sites excluding steroid dienone is 2. The Morgan fingerprint density at radius 1 is 0.706 bits per heavy atom. The quantitative estimate of drug-likeness (QED) is 0.263. The van der Waals surface area contributed by atoms with Gasteiger partial charge in [-0.3, -0.25) is 0 Å². The molecule has 0 amide bonds. The van der Waals surface area contributed by atoms with Gasteiger partial charge in [0, 0.05) is 0 Å². The summed E-state index contributed by atoms with van der Waals surface area (Å²) in [5.41, 5.74) is 1.56. The van der Waals surface area contributed by atoms with Crippen molar-refractivity contribution in [2.24, 2.45) is 0 Å². The molecular formula is C17H34. The maximum Gasteiger partial charge on any atom is -0.0323 e. The Hall–Kier alpha value is -0.260. The summed E-state index contributed by atoms with van der Waals surface area (Å²) in [5.74, 6) is 0. The average Bonchev–Trinajstić information content (AvgIpc) is 2.35. The predicted molar refractivity (Wildman–Crippen MR) is 80.5 cm³/mol. The van der Waals surface area contributed by atoms with Gasteiger partial charge in [0.2, 0.25) is 0 Å². The highest BCUT2D eigenvalue weighted by molar-refractivity contribution is 4.94. The molecule has 0 heterocycles. The van der Waals surface area contributed by atoms with E-state index in [9.17, 15) is 0 Å². The van der Waals surface area contributed by atoms with E-state index in [1.807, 2.05) is 0 Å². The Morgan fingerprint density at radius 3 is 1.53 bits per heavy atom. The third-order valence-electron chi connectivity index (χ3n) is 3.67. The molecule has 0 aromatic carbocycles. The van der Waals surface area contributed by atoms with Crippen molar-refractivity contribution >= 4 is 0 Å². The van der Waals surface area contributed by atoms with E-state index in [0.717, 1.165) is 0 Å². The first-order valence-electron chi connectivity index (χ1n) is 7.93. The van der Waals surface area contributed by atoms with Crippen LogP contribution in [0.2, 0.25) is 0 Å². The lowest BCUT2D eigenvalue weighted by molar-refractivity contribution is 0.549. The van der Waals surface area contributed by atoms with E-state index >= 15 is 0 Å². The zero-order valence-corrected chi connectivity index (χ0v) is 12.6. The van der Waals surface area contributed by atoms with Gasteiger partial charge in [-0.1, -0.05) is 82.8 Å². The van der Waals surface area contributed by atoms with Crippen LogP contribution in [-0.2, 0) is 0 Å². The van der Waals surface area contributed by atoms with Crippen molar-refractivity contribution in [1.82, 2.24) is 0 Å². The number of hydrogen-bond donors (Lipinski definition) is 0. The van der Waals surface area contributed by atoms with Gasteiger partial charge >= 0.3 is 0 Å². The van der Waals surface area contributed by atoms with Gasteiger partial charge in [-0.2, -0.15) is 0 Å². The van der Waals surface area contributed by atoms with Crippen molar-refractivity contribution in [1.29, 1.82) is 0 Å². The van der Waals surface area contributed by atoms with Gasteiger partial charge in [-0.25, -0.2) is 0 Å². The van der Waals surface area contributed by atoms with Crippen molar-refractivity contribution in [3.8, 4) is 0 Å². The van der Waals surface area contributed by atoms with Crippen LogP contribution in [-0.4, -0.2) is 0 Å². The van der Waals surface area contributed by atoms with Crippen LogP contribution in [0.4, 0.5) is 0 Å². The average molecular weight is 238 g/mol. The van der Waals surface area contributed by atoms with Crippen molar-refractivity contribution in [2.45, 2.75) is 97.8 Å². The van der Waals surface area contributed by atoms with Crippen LogP contribution in [0.25, 0.3) is 0 Å². The summed E-state index contributed by atoms with van der Waals surface area (Å²) in [4.78, 5) is 0. The lowest BCUT2D eigenvalue weighted by Crippen LogP contribution is -1.83. The molecule has 0 saturated heterocycles. The fraction of sp³-hybridized carbons (Fsp3) is 0.882. The van der Waals surface area contributed by atoms with E-state index < -0.39 is 0 Å². The molecule has 0 spiro atoms. The van der Waals surface area contributed by atoms with Crippen LogP contribution in [0, 0.1) is 0 Å². The third kappa shape index (κ3) is 13.7. The smallest absolute Gasteiger partial charge is 0.0323 e. The molecule has 0 rings (SSSR count). The molecule has 0 nitrogen and oxygen atoms in total. The molecule has 0 bridgehead atoms. The van der Waals surface area contributed by atoms with Gasteiger partial charge in [0.05, 0.1) is 0 Å². The fourth-order valence-corrected chi connectivity index (χ4v) is 2.21. The Balaban J connectivity index is 2.99. The summed E-state index contributed by atoms with van der Waals surface area (Å²) in [6, 6.07) is 0. The van der Waals surface area contributed by atoms with Gasteiger partial charge in [-0.15, -0.1) is 0 Å². The van der Waals surface area contributed by atoms with E-state index in [-0.39, 0.29) is 0 Å². The van der Waals surface area contributed by atoms with E-state index in [0.29, 0.717) is 0 Å². The Kier molecular flexibility index (Phi) is 13.6. The largest absolute Gasteiger partial charge is 0.0887 e. The molecule has 0 atom stereocenters. The summed E-state index contributed by atoms with van der Waals surface area (Å²) in [5, 5.41) is 0. The van der Waals surface area contributed by atoms with Crippen LogP contribution in [0.5, 0.6) is 0 Å². The molecule has 0 unspecified atom stereocenters. The van der Waals surface area contributed by atoms with Crippen LogP contribution in [0.1, 0.15) is 97.8 Å². The highest BCUT2D eigenvalue weighted by Gasteiger charge is 1.93. The first-order chi connectivity index (χ1) is 8.31. The molecule has 0 aliphatic heterocycles. The van der Waals surface area contributed by atoms with E-state index in [1.165, 1.54) is 77.0 Å². The van der Waals surface area contributed by atoms with Crippen molar-refractivity contribution in [3.63, 3.8) is 0 Å². The SMILES string of the molecule is C/C=C(\C)CCCCCCCCCCCCC. The number of unbranched alkanes of at least 4 members (excludes halogenated alkanes) is 10. The fourth-order valence-electron chi connectivity index (χ4n) is 2.21. The summed E-state index contributed by atoms with van der Waals surface area (Å²) in [6.07, 6.45) is 19.4. The Bertz CT molecular complexity index is 167. The van der Waals surface area contributed by atoms with E-state index in [1.54, 1.807) is 5.57 Å². The minimum absolute atomic E-state index is 1.31. The Morgan fingerprint density at radius 2 is 1.12 bits per heavy atom. The highest BCUT2D eigenvalue weighted by Crippen LogP contribution is 2.13. The molecule has 0 aliphatic rings. The van der Waals surface area contributed by atoms with Gasteiger partial charge < -0.3 is 0 Å². The number of hydrogen-bond acceptors (Lipinski definition) is 0. The molecule has 102 valence electrons. The molecule has 0 fully saturated rings. The normalized spacial score (nSPS) is 12.1. The van der Waals surface area contributed by atoms with Crippen molar-refractivity contribution < 1.29 is 0 Å². The first-order valence-corrected chi connectivity index (χ1v) is 7.93. The molecule has 17 heavy (non-hydrogen) atoms. The minimum atomic E-state index is 1.31. The minimum Gasteiger partial charge on any atom is -0.0887 e. The summed E-state index contributed by atoms with van der Waals surface area (Å²) in [7, 11) is 0. The molecule has 0 saturated carbocycles. The molecule has 0 heteroatoms. The van der Waals surface area contributed by atoms with Crippen molar-refractivity contribution in [2.75, 3.05) is 0 Å². The number of rotatable bonds is 12. The van der Waals surface area contributed by atoms with Gasteiger partial charge in [0.15, 0.2) is 0 Å². The standard InChI is InChI=1S/C17H34/c1-4-6-7-8-9-10-11-12-13-14-15-16-17(3)5-2/h5H,4,6-16H2,1-3H3/b17-5+. The molecule has 0 aromatic rings. The maximum atomic E-state index is 2.29. The molecule has 0 aromatic heterocycles. The van der Waals surface area contributed by atoms with E-state index in [4.69, 9.17) is 0 Å². The second kappa shape index (κ2) is 13.8. The first kappa shape index (κ1) is 16.7. The summed E-state index contributed by atoms with van der Waals surface area (Å²) in [6.45, 7) is 6.68. The summed E-state index contributed by atoms with van der Waals surface area (Å²) < 4.78 is 0. The molecule has 0 radical (unpaired) electrons. The third-order valence-corrected chi connectivity index (χ3v) is 3.67. The zero-order valence-electron chi connectivity index (χ0n) is 12.6. The van der Waals surface area contributed by atoms with Gasteiger partial charge in [-0.05, 0) is 26.7 Å². The van der Waals surface area contributed by atoms with Crippen LogP contribution in [0.3, 0.4) is 0 Å². The van der Waals surface area contributed by atoms with E-state index in [2.05, 4.69) is 26.8 Å². The highest BCUT2D eigenvalue weighted by atomic mass is 14.0. The monoisotopic (exact) mass is 238 g/mol. The second-order valence-electron chi connectivity index (χ2n) is 5.42. The lowest BCUT2D eigenvalue weighted by atomic mass is 10.0. The van der Waals surface area contributed by atoms with Crippen LogP contribution >= 0.6 is 0 Å². The predicted octanol–water partition coefficient (Wildman–Crippen LogP) is 6.65. The van der Waals surface area contributed by atoms with Crippen molar-refractivity contribution in [3.05, 3.63) is 11.6 Å². The maximum absolute atomic E-state index is 2.29. The van der Waals surface area contributed by atoms with Gasteiger partial charge in [0.25, 0.3) is 0 Å². The molecule has 0 N–H and O–H groups in total. The lowest BCUT2D eigenvalue weighted by Gasteiger charge is -2.03. The molecule has 0 aliphatic carbocycles. The molecular weight excluding hydrogens is 204 g/mol.